The molecule has 1 N–H and O–H groups in total. The Morgan fingerprint density at radius 1 is 1.40 bits per heavy atom. The van der Waals surface area contributed by atoms with Crippen LogP contribution in [-0.4, -0.2) is 10.9 Å². The fourth-order valence-corrected chi connectivity index (χ4v) is 2.33. The fraction of sp³-hybridized carbons (Fsp3) is 0.200. The lowest BCUT2D eigenvalue weighted by Gasteiger charge is -2.17. The SMILES string of the molecule is CCC(NC(=O)c1ccc(Br)nc1)c1cccc(Cl)c1. The average Bonchev–Trinajstić information content (AvgIpc) is 2.45. The van der Waals surface area contributed by atoms with Crippen LogP contribution in [0.2, 0.25) is 5.02 Å². The van der Waals surface area contributed by atoms with Crippen molar-refractivity contribution in [2.75, 3.05) is 0 Å². The van der Waals surface area contributed by atoms with Gasteiger partial charge in [-0.3, -0.25) is 4.79 Å². The van der Waals surface area contributed by atoms with E-state index in [1.807, 2.05) is 31.2 Å². The van der Waals surface area contributed by atoms with Gasteiger partial charge in [0.2, 0.25) is 0 Å². The van der Waals surface area contributed by atoms with Crippen molar-refractivity contribution in [2.45, 2.75) is 19.4 Å². The molecule has 5 heteroatoms. The number of hydrogen-bond donors (Lipinski definition) is 1. The van der Waals surface area contributed by atoms with Crippen molar-refractivity contribution in [3.63, 3.8) is 0 Å². The molecule has 0 aliphatic heterocycles. The van der Waals surface area contributed by atoms with Crippen LogP contribution in [0.5, 0.6) is 0 Å². The van der Waals surface area contributed by atoms with Gasteiger partial charge >= 0.3 is 0 Å². The number of hydrogen-bond acceptors (Lipinski definition) is 2. The summed E-state index contributed by atoms with van der Waals surface area (Å²) in [7, 11) is 0. The number of pyridine rings is 1. The molecular weight excluding hydrogens is 340 g/mol. The van der Waals surface area contributed by atoms with Crippen LogP contribution in [0.1, 0.15) is 35.3 Å². The maximum atomic E-state index is 12.2. The maximum absolute atomic E-state index is 12.2. The molecule has 0 bridgehead atoms. The van der Waals surface area contributed by atoms with Gasteiger partial charge in [-0.15, -0.1) is 0 Å². The summed E-state index contributed by atoms with van der Waals surface area (Å²) >= 11 is 9.24. The molecule has 1 amide bonds. The van der Waals surface area contributed by atoms with E-state index in [1.165, 1.54) is 0 Å². The highest BCUT2D eigenvalue weighted by molar-refractivity contribution is 9.10. The molecule has 0 radical (unpaired) electrons. The molecule has 1 atom stereocenters. The molecule has 0 aliphatic carbocycles. The second-order valence-corrected chi connectivity index (χ2v) is 5.61. The molecule has 1 heterocycles. The first-order valence-corrected chi connectivity index (χ1v) is 7.45. The van der Waals surface area contributed by atoms with Gasteiger partial charge in [-0.1, -0.05) is 30.7 Å². The summed E-state index contributed by atoms with van der Waals surface area (Å²) in [6.07, 6.45) is 2.33. The van der Waals surface area contributed by atoms with E-state index in [2.05, 4.69) is 26.2 Å². The monoisotopic (exact) mass is 352 g/mol. The van der Waals surface area contributed by atoms with Crippen LogP contribution in [0, 0.1) is 0 Å². The molecule has 0 saturated carbocycles. The first kappa shape index (κ1) is 15.0. The minimum atomic E-state index is -0.142. The lowest BCUT2D eigenvalue weighted by Crippen LogP contribution is -2.28. The summed E-state index contributed by atoms with van der Waals surface area (Å²) in [5.74, 6) is -0.142. The molecule has 3 nitrogen and oxygen atoms in total. The van der Waals surface area contributed by atoms with Crippen LogP contribution in [0.25, 0.3) is 0 Å². The number of halogens is 2. The van der Waals surface area contributed by atoms with Crippen LogP contribution in [0.4, 0.5) is 0 Å². The Hall–Kier alpha value is -1.39. The van der Waals surface area contributed by atoms with Crippen molar-refractivity contribution in [3.8, 4) is 0 Å². The van der Waals surface area contributed by atoms with Crippen molar-refractivity contribution >= 4 is 33.4 Å². The smallest absolute Gasteiger partial charge is 0.253 e. The minimum absolute atomic E-state index is 0.0650. The third-order valence-corrected chi connectivity index (χ3v) is 3.66. The number of nitrogens with one attached hydrogen (secondary N) is 1. The van der Waals surface area contributed by atoms with Crippen molar-refractivity contribution < 1.29 is 4.79 Å². The van der Waals surface area contributed by atoms with Gasteiger partial charge in [0.1, 0.15) is 4.60 Å². The molecule has 1 aromatic carbocycles. The van der Waals surface area contributed by atoms with E-state index in [0.717, 1.165) is 12.0 Å². The first-order chi connectivity index (χ1) is 9.60. The van der Waals surface area contributed by atoms with Crippen LogP contribution < -0.4 is 5.32 Å². The number of carbonyl (C=O) groups excluding carboxylic acids is 1. The highest BCUT2D eigenvalue weighted by Gasteiger charge is 2.14. The van der Waals surface area contributed by atoms with Crippen molar-refractivity contribution in [2.24, 2.45) is 0 Å². The lowest BCUT2D eigenvalue weighted by molar-refractivity contribution is 0.0935. The van der Waals surface area contributed by atoms with E-state index in [4.69, 9.17) is 11.6 Å². The van der Waals surface area contributed by atoms with Crippen LogP contribution in [0.15, 0.2) is 47.2 Å². The van der Waals surface area contributed by atoms with Gasteiger partial charge in [-0.2, -0.15) is 0 Å². The molecule has 1 unspecified atom stereocenters. The van der Waals surface area contributed by atoms with Crippen molar-refractivity contribution in [3.05, 3.63) is 63.3 Å². The summed E-state index contributed by atoms with van der Waals surface area (Å²) < 4.78 is 0.705. The normalized spacial score (nSPS) is 11.9. The molecule has 20 heavy (non-hydrogen) atoms. The fourth-order valence-electron chi connectivity index (χ4n) is 1.90. The van der Waals surface area contributed by atoms with Gasteiger partial charge in [-0.05, 0) is 52.2 Å². The Kier molecular flexibility index (Phi) is 5.15. The molecule has 1 aromatic heterocycles. The predicted molar refractivity (Wildman–Crippen MR) is 83.9 cm³/mol. The molecule has 0 fully saturated rings. The van der Waals surface area contributed by atoms with E-state index in [-0.39, 0.29) is 11.9 Å². The van der Waals surface area contributed by atoms with E-state index < -0.39 is 0 Å². The summed E-state index contributed by atoms with van der Waals surface area (Å²) in [4.78, 5) is 16.2. The first-order valence-electron chi connectivity index (χ1n) is 6.28. The molecule has 2 rings (SSSR count). The third kappa shape index (κ3) is 3.81. The second kappa shape index (κ2) is 6.86. The molecule has 0 spiro atoms. The zero-order valence-corrected chi connectivity index (χ0v) is 13.3. The highest BCUT2D eigenvalue weighted by atomic mass is 79.9. The maximum Gasteiger partial charge on any atom is 0.253 e. The molecule has 104 valence electrons. The van der Waals surface area contributed by atoms with Gasteiger partial charge in [0.25, 0.3) is 5.91 Å². The van der Waals surface area contributed by atoms with Gasteiger partial charge in [0.05, 0.1) is 11.6 Å². The molecule has 0 aliphatic rings. The lowest BCUT2D eigenvalue weighted by atomic mass is 10.0. The predicted octanol–water partition coefficient (Wildman–Crippen LogP) is 4.38. The Balaban J connectivity index is 2.14. The van der Waals surface area contributed by atoms with E-state index in [9.17, 15) is 4.79 Å². The number of amides is 1. The Bertz CT molecular complexity index is 601. The number of rotatable bonds is 4. The molecule has 2 aromatic rings. The summed E-state index contributed by atoms with van der Waals surface area (Å²) in [5.41, 5.74) is 1.53. The average molecular weight is 354 g/mol. The topological polar surface area (TPSA) is 42.0 Å². The zero-order chi connectivity index (χ0) is 14.5. The quantitative estimate of drug-likeness (QED) is 0.829. The van der Waals surface area contributed by atoms with E-state index in [1.54, 1.807) is 18.3 Å². The van der Waals surface area contributed by atoms with E-state index in [0.29, 0.717) is 15.2 Å². The standard InChI is InChI=1S/C15H14BrClN2O/c1-2-13(10-4-3-5-12(17)8-10)19-15(20)11-6-7-14(16)18-9-11/h3-9,13H,2H2,1H3,(H,19,20). The van der Waals surface area contributed by atoms with Crippen molar-refractivity contribution in [1.82, 2.24) is 10.3 Å². The zero-order valence-electron chi connectivity index (χ0n) is 10.9. The van der Waals surface area contributed by atoms with E-state index >= 15 is 0 Å². The van der Waals surface area contributed by atoms with Crippen LogP contribution in [-0.2, 0) is 0 Å². The Labute approximate surface area is 131 Å². The number of benzene rings is 1. The minimum Gasteiger partial charge on any atom is -0.345 e. The summed E-state index contributed by atoms with van der Waals surface area (Å²) in [6.45, 7) is 2.02. The van der Waals surface area contributed by atoms with Crippen LogP contribution in [0.3, 0.4) is 0 Å². The Morgan fingerprint density at radius 3 is 2.80 bits per heavy atom. The highest BCUT2D eigenvalue weighted by Crippen LogP contribution is 2.20. The summed E-state index contributed by atoms with van der Waals surface area (Å²) in [6, 6.07) is 10.9. The largest absolute Gasteiger partial charge is 0.345 e. The molecule has 0 saturated heterocycles. The Morgan fingerprint density at radius 2 is 2.20 bits per heavy atom. The molecular formula is C15H14BrClN2O. The second-order valence-electron chi connectivity index (χ2n) is 4.36. The van der Waals surface area contributed by atoms with Crippen LogP contribution >= 0.6 is 27.5 Å². The number of carbonyl (C=O) groups is 1. The summed E-state index contributed by atoms with van der Waals surface area (Å²) in [5, 5.41) is 3.66. The number of aromatic nitrogens is 1. The van der Waals surface area contributed by atoms with Gasteiger partial charge in [0, 0.05) is 11.2 Å². The van der Waals surface area contributed by atoms with Crippen molar-refractivity contribution in [1.29, 1.82) is 0 Å². The van der Waals surface area contributed by atoms with Gasteiger partial charge < -0.3 is 5.32 Å². The third-order valence-electron chi connectivity index (χ3n) is 2.95. The van der Waals surface area contributed by atoms with Gasteiger partial charge in [-0.25, -0.2) is 4.98 Å². The van der Waals surface area contributed by atoms with Gasteiger partial charge in [0.15, 0.2) is 0 Å². The number of nitrogens with zero attached hydrogens (tertiary/aromatic N) is 1.